The lowest BCUT2D eigenvalue weighted by Gasteiger charge is -2.10. The van der Waals surface area contributed by atoms with Gasteiger partial charge in [0.2, 0.25) is 0 Å². The van der Waals surface area contributed by atoms with Gasteiger partial charge in [0.25, 0.3) is 5.91 Å². The van der Waals surface area contributed by atoms with E-state index in [0.29, 0.717) is 11.3 Å². The summed E-state index contributed by atoms with van der Waals surface area (Å²) in [4.78, 5) is 23.8. The normalized spacial score (nSPS) is 10.8. The highest BCUT2D eigenvalue weighted by Crippen LogP contribution is 2.24. The van der Waals surface area contributed by atoms with Gasteiger partial charge < -0.3 is 14.8 Å². The van der Waals surface area contributed by atoms with E-state index in [9.17, 15) is 9.59 Å². The molecule has 5 heteroatoms. The summed E-state index contributed by atoms with van der Waals surface area (Å²) in [5, 5.41) is 2.57. The molecule has 24 heavy (non-hydrogen) atoms. The molecule has 124 valence electrons. The molecule has 0 unspecified atom stereocenters. The van der Waals surface area contributed by atoms with Crippen LogP contribution in [0.25, 0.3) is 11.6 Å². The third-order valence-electron chi connectivity index (χ3n) is 3.39. The molecule has 0 saturated carbocycles. The van der Waals surface area contributed by atoms with Crippen LogP contribution in [0.3, 0.4) is 0 Å². The minimum atomic E-state index is -0.506. The topological polar surface area (TPSA) is 64.6 Å². The molecular weight excluding hydrogens is 306 g/mol. The largest absolute Gasteiger partial charge is 0.496 e. The van der Waals surface area contributed by atoms with Crippen molar-refractivity contribution in [1.82, 2.24) is 5.32 Å². The predicted molar refractivity (Wildman–Crippen MR) is 92.3 cm³/mol. The molecule has 0 aromatic heterocycles. The molecule has 0 saturated heterocycles. The predicted octanol–water partition coefficient (Wildman–Crippen LogP) is 2.53. The van der Waals surface area contributed by atoms with Gasteiger partial charge in [-0.15, -0.1) is 0 Å². The Kier molecular flexibility index (Phi) is 6.14. The number of benzene rings is 2. The van der Waals surface area contributed by atoms with Crippen molar-refractivity contribution in [3.05, 3.63) is 65.7 Å². The molecule has 2 aromatic carbocycles. The van der Waals surface area contributed by atoms with Gasteiger partial charge in [-0.05, 0) is 17.7 Å². The number of rotatable bonds is 6. The van der Waals surface area contributed by atoms with Crippen LogP contribution in [0, 0.1) is 0 Å². The van der Waals surface area contributed by atoms with Gasteiger partial charge in [-0.2, -0.15) is 0 Å². The monoisotopic (exact) mass is 325 g/mol. The second kappa shape index (κ2) is 8.53. The van der Waals surface area contributed by atoms with Crippen LogP contribution < -0.4 is 10.1 Å². The molecule has 0 spiro atoms. The number of nitrogens with one attached hydrogen (secondary N) is 1. The molecule has 0 fully saturated rings. The molecule has 5 nitrogen and oxygen atoms in total. The fraction of sp³-hybridized carbons (Fsp3) is 0.158. The summed E-state index contributed by atoms with van der Waals surface area (Å²) in [5.41, 5.74) is 1.95. The fourth-order valence-corrected chi connectivity index (χ4v) is 2.16. The Bertz CT molecular complexity index is 738. The van der Waals surface area contributed by atoms with E-state index in [1.54, 1.807) is 13.2 Å². The van der Waals surface area contributed by atoms with E-state index in [0.717, 1.165) is 11.1 Å². The van der Waals surface area contributed by atoms with Crippen molar-refractivity contribution in [2.24, 2.45) is 0 Å². The Morgan fingerprint density at radius 3 is 2.33 bits per heavy atom. The van der Waals surface area contributed by atoms with Crippen LogP contribution in [-0.2, 0) is 14.3 Å². The molecule has 2 rings (SSSR count). The number of carbonyl (C=O) groups excluding carboxylic acids is 2. The Balaban J connectivity index is 2.38. The molecule has 0 aliphatic carbocycles. The summed E-state index contributed by atoms with van der Waals surface area (Å²) < 4.78 is 9.87. The third kappa shape index (κ3) is 4.46. The summed E-state index contributed by atoms with van der Waals surface area (Å²) in [6.07, 6.45) is 1.74. The maximum Gasteiger partial charge on any atom is 0.325 e. The van der Waals surface area contributed by atoms with E-state index in [-0.39, 0.29) is 12.5 Å². The standard InChI is InChI=1S/C19H19NO4/c1-23-17-11-7-6-10-15(17)12-16(14-8-4-3-5-9-14)19(22)20-13-18(21)24-2/h3-12H,13H2,1-2H3,(H,20,22). The average Bonchev–Trinajstić information content (AvgIpc) is 2.64. The number of esters is 1. The first-order chi connectivity index (χ1) is 11.7. The van der Waals surface area contributed by atoms with Crippen LogP contribution in [0.4, 0.5) is 0 Å². The first-order valence-corrected chi connectivity index (χ1v) is 7.41. The number of carbonyl (C=O) groups is 2. The molecule has 0 bridgehead atoms. The van der Waals surface area contributed by atoms with E-state index in [1.807, 2.05) is 54.6 Å². The summed E-state index contributed by atoms with van der Waals surface area (Å²) in [6, 6.07) is 16.6. The van der Waals surface area contributed by atoms with Gasteiger partial charge in [0.1, 0.15) is 12.3 Å². The van der Waals surface area contributed by atoms with Crippen molar-refractivity contribution in [2.45, 2.75) is 0 Å². The average molecular weight is 325 g/mol. The highest BCUT2D eigenvalue weighted by atomic mass is 16.5. The lowest BCUT2D eigenvalue weighted by Crippen LogP contribution is -2.30. The van der Waals surface area contributed by atoms with E-state index in [4.69, 9.17) is 4.74 Å². The lowest BCUT2D eigenvalue weighted by molar-refractivity contribution is -0.140. The number of para-hydroxylation sites is 1. The zero-order valence-electron chi connectivity index (χ0n) is 13.6. The minimum absolute atomic E-state index is 0.189. The molecule has 1 amide bonds. The Labute approximate surface area is 140 Å². The first kappa shape index (κ1) is 17.3. The highest BCUT2D eigenvalue weighted by Gasteiger charge is 2.14. The van der Waals surface area contributed by atoms with Gasteiger partial charge >= 0.3 is 5.97 Å². The molecule has 2 aromatic rings. The maximum atomic E-state index is 12.5. The number of methoxy groups -OCH3 is 2. The van der Waals surface area contributed by atoms with Crippen molar-refractivity contribution in [3.63, 3.8) is 0 Å². The van der Waals surface area contributed by atoms with Crippen LogP contribution >= 0.6 is 0 Å². The van der Waals surface area contributed by atoms with Crippen molar-refractivity contribution >= 4 is 23.5 Å². The first-order valence-electron chi connectivity index (χ1n) is 7.41. The van der Waals surface area contributed by atoms with Gasteiger partial charge in [0.15, 0.2) is 0 Å². The van der Waals surface area contributed by atoms with Crippen molar-refractivity contribution in [2.75, 3.05) is 20.8 Å². The van der Waals surface area contributed by atoms with Crippen molar-refractivity contribution in [3.8, 4) is 5.75 Å². The Morgan fingerprint density at radius 1 is 1.00 bits per heavy atom. The van der Waals surface area contributed by atoms with Crippen LogP contribution in [0.5, 0.6) is 5.75 Å². The molecule has 0 aliphatic heterocycles. The van der Waals surface area contributed by atoms with Gasteiger partial charge in [-0.3, -0.25) is 9.59 Å². The zero-order valence-corrected chi connectivity index (χ0v) is 13.6. The molecular formula is C19H19NO4. The summed E-state index contributed by atoms with van der Waals surface area (Å²) >= 11 is 0. The van der Waals surface area contributed by atoms with Crippen molar-refractivity contribution < 1.29 is 19.1 Å². The number of ether oxygens (including phenoxy) is 2. The second-order valence-corrected chi connectivity index (χ2v) is 4.92. The molecule has 0 atom stereocenters. The van der Waals surface area contributed by atoms with E-state index >= 15 is 0 Å². The zero-order chi connectivity index (χ0) is 17.4. The summed E-state index contributed by atoms with van der Waals surface area (Å²) in [5.74, 6) is -0.211. The highest BCUT2D eigenvalue weighted by molar-refractivity contribution is 6.24. The van der Waals surface area contributed by atoms with Crippen LogP contribution in [0.1, 0.15) is 11.1 Å². The van der Waals surface area contributed by atoms with Gasteiger partial charge in [-0.25, -0.2) is 0 Å². The summed E-state index contributed by atoms with van der Waals surface area (Å²) in [7, 11) is 2.85. The Morgan fingerprint density at radius 2 is 1.67 bits per heavy atom. The van der Waals surface area contributed by atoms with Crippen LogP contribution in [0.15, 0.2) is 54.6 Å². The Hall–Kier alpha value is -3.08. The van der Waals surface area contributed by atoms with E-state index in [1.165, 1.54) is 7.11 Å². The molecule has 0 heterocycles. The molecule has 0 aliphatic rings. The van der Waals surface area contributed by atoms with Crippen molar-refractivity contribution in [1.29, 1.82) is 0 Å². The van der Waals surface area contributed by atoms with Gasteiger partial charge in [0.05, 0.1) is 14.2 Å². The van der Waals surface area contributed by atoms with Crippen LogP contribution in [-0.4, -0.2) is 32.6 Å². The number of hydrogen-bond acceptors (Lipinski definition) is 4. The van der Waals surface area contributed by atoms with Crippen LogP contribution in [0.2, 0.25) is 0 Å². The molecule has 0 radical (unpaired) electrons. The quantitative estimate of drug-likeness (QED) is 0.503. The van der Waals surface area contributed by atoms with Gasteiger partial charge in [-0.1, -0.05) is 48.5 Å². The van der Waals surface area contributed by atoms with E-state index in [2.05, 4.69) is 10.1 Å². The van der Waals surface area contributed by atoms with Gasteiger partial charge in [0, 0.05) is 11.1 Å². The lowest BCUT2D eigenvalue weighted by atomic mass is 10.0. The van der Waals surface area contributed by atoms with E-state index < -0.39 is 5.97 Å². The maximum absolute atomic E-state index is 12.5. The molecule has 1 N–H and O–H groups in total. The smallest absolute Gasteiger partial charge is 0.325 e. The minimum Gasteiger partial charge on any atom is -0.496 e. The number of hydrogen-bond donors (Lipinski definition) is 1. The second-order valence-electron chi connectivity index (χ2n) is 4.92. The summed E-state index contributed by atoms with van der Waals surface area (Å²) in [6.45, 7) is -0.189. The number of amides is 1. The third-order valence-corrected chi connectivity index (χ3v) is 3.39. The fourth-order valence-electron chi connectivity index (χ4n) is 2.16. The SMILES string of the molecule is COC(=O)CNC(=O)C(=Cc1ccccc1OC)c1ccccc1.